The molecule has 20 heavy (non-hydrogen) atoms. The molecule has 1 aromatic heterocycles. The summed E-state index contributed by atoms with van der Waals surface area (Å²) in [6.45, 7) is 12.2. The van der Waals surface area contributed by atoms with Gasteiger partial charge in [-0.2, -0.15) is 0 Å². The summed E-state index contributed by atoms with van der Waals surface area (Å²) in [7, 11) is 0. The van der Waals surface area contributed by atoms with Gasteiger partial charge in [0.15, 0.2) is 0 Å². The van der Waals surface area contributed by atoms with Crippen LogP contribution in [0.4, 0.5) is 5.82 Å². The van der Waals surface area contributed by atoms with E-state index in [1.165, 1.54) is 19.3 Å². The first-order chi connectivity index (χ1) is 9.52. The molecule has 0 atom stereocenters. The van der Waals surface area contributed by atoms with E-state index in [2.05, 4.69) is 56.1 Å². The van der Waals surface area contributed by atoms with Gasteiger partial charge in [0, 0.05) is 25.7 Å². The van der Waals surface area contributed by atoms with Crippen LogP contribution in [0.15, 0.2) is 18.2 Å². The Morgan fingerprint density at radius 3 is 2.60 bits per heavy atom. The van der Waals surface area contributed by atoms with Gasteiger partial charge in [-0.1, -0.05) is 40.2 Å². The van der Waals surface area contributed by atoms with Gasteiger partial charge in [-0.3, -0.25) is 0 Å². The number of nitrogens with zero attached hydrogens (tertiary/aromatic N) is 2. The number of nitrogens with one attached hydrogen (secondary N) is 1. The van der Waals surface area contributed by atoms with Crippen molar-refractivity contribution in [2.45, 2.75) is 59.5 Å². The predicted octanol–water partition coefficient (Wildman–Crippen LogP) is 3.60. The first-order valence-electron chi connectivity index (χ1n) is 7.97. The maximum Gasteiger partial charge on any atom is 0.128 e. The molecule has 3 heteroatoms. The molecular formula is C17H29N3. The number of hydrogen-bond donors (Lipinski definition) is 1. The van der Waals surface area contributed by atoms with Crippen LogP contribution in [0.3, 0.4) is 0 Å². The van der Waals surface area contributed by atoms with Gasteiger partial charge in [0.1, 0.15) is 5.82 Å². The van der Waals surface area contributed by atoms with E-state index in [4.69, 9.17) is 4.98 Å². The molecule has 0 amide bonds. The third-order valence-corrected chi connectivity index (χ3v) is 4.63. The molecule has 1 aromatic rings. The van der Waals surface area contributed by atoms with Gasteiger partial charge in [0.25, 0.3) is 0 Å². The van der Waals surface area contributed by atoms with Gasteiger partial charge >= 0.3 is 0 Å². The fourth-order valence-electron chi connectivity index (χ4n) is 2.68. The van der Waals surface area contributed by atoms with Crippen LogP contribution in [-0.2, 0) is 6.54 Å². The van der Waals surface area contributed by atoms with E-state index in [0.717, 1.165) is 31.1 Å². The lowest BCUT2D eigenvalue weighted by molar-refractivity contribution is 0.237. The Morgan fingerprint density at radius 2 is 2.00 bits per heavy atom. The lowest BCUT2D eigenvalue weighted by Crippen LogP contribution is -2.39. The summed E-state index contributed by atoms with van der Waals surface area (Å²) in [6.07, 6.45) is 3.84. The largest absolute Gasteiger partial charge is 0.357 e. The van der Waals surface area contributed by atoms with Gasteiger partial charge in [-0.25, -0.2) is 4.98 Å². The summed E-state index contributed by atoms with van der Waals surface area (Å²) in [4.78, 5) is 7.25. The molecule has 0 unspecified atom stereocenters. The minimum absolute atomic E-state index is 0.501. The Kier molecular flexibility index (Phi) is 5.03. The van der Waals surface area contributed by atoms with Crippen molar-refractivity contribution in [2.24, 2.45) is 5.41 Å². The third-order valence-electron chi connectivity index (χ3n) is 4.63. The van der Waals surface area contributed by atoms with Crippen molar-refractivity contribution in [3.8, 4) is 0 Å². The van der Waals surface area contributed by atoms with Crippen LogP contribution in [0, 0.1) is 5.41 Å². The van der Waals surface area contributed by atoms with Crippen LogP contribution in [-0.4, -0.2) is 24.1 Å². The van der Waals surface area contributed by atoms with E-state index in [0.29, 0.717) is 11.5 Å². The standard InChI is InChI=1S/C17H29N3/c1-5-17(4)9-11-20(12-10-17)16-8-6-7-15(19-16)13-18-14(2)3/h6-8,14,18H,5,9-13H2,1-4H3. The SMILES string of the molecule is CCC1(C)CCN(c2cccc(CNC(C)C)n2)CC1. The highest BCUT2D eigenvalue weighted by molar-refractivity contribution is 5.39. The maximum atomic E-state index is 4.81. The van der Waals surface area contributed by atoms with E-state index in [-0.39, 0.29) is 0 Å². The predicted molar refractivity (Wildman–Crippen MR) is 86.1 cm³/mol. The monoisotopic (exact) mass is 275 g/mol. The highest BCUT2D eigenvalue weighted by atomic mass is 15.2. The van der Waals surface area contributed by atoms with E-state index in [1.54, 1.807) is 0 Å². The minimum Gasteiger partial charge on any atom is -0.357 e. The smallest absolute Gasteiger partial charge is 0.128 e. The molecule has 0 bridgehead atoms. The number of aromatic nitrogens is 1. The van der Waals surface area contributed by atoms with E-state index >= 15 is 0 Å². The van der Waals surface area contributed by atoms with Crippen molar-refractivity contribution in [1.29, 1.82) is 0 Å². The van der Waals surface area contributed by atoms with Gasteiger partial charge in [-0.05, 0) is 30.4 Å². The Bertz CT molecular complexity index is 420. The molecule has 1 N–H and O–H groups in total. The van der Waals surface area contributed by atoms with Crippen molar-refractivity contribution in [2.75, 3.05) is 18.0 Å². The normalized spacial score (nSPS) is 18.6. The minimum atomic E-state index is 0.501. The van der Waals surface area contributed by atoms with Crippen LogP contribution in [0.1, 0.15) is 52.7 Å². The number of anilines is 1. The Labute approximate surface area is 123 Å². The van der Waals surface area contributed by atoms with Crippen LogP contribution >= 0.6 is 0 Å². The topological polar surface area (TPSA) is 28.2 Å². The second-order valence-corrected chi connectivity index (χ2v) is 6.67. The first kappa shape index (κ1) is 15.3. The Morgan fingerprint density at radius 1 is 1.30 bits per heavy atom. The zero-order valence-corrected chi connectivity index (χ0v) is 13.4. The highest BCUT2D eigenvalue weighted by Gasteiger charge is 2.28. The number of pyridine rings is 1. The van der Waals surface area contributed by atoms with Crippen molar-refractivity contribution >= 4 is 5.82 Å². The van der Waals surface area contributed by atoms with Gasteiger partial charge in [-0.15, -0.1) is 0 Å². The van der Waals surface area contributed by atoms with Crippen LogP contribution < -0.4 is 10.2 Å². The molecule has 3 nitrogen and oxygen atoms in total. The molecule has 0 saturated carbocycles. The molecule has 112 valence electrons. The second-order valence-electron chi connectivity index (χ2n) is 6.67. The second kappa shape index (κ2) is 6.57. The molecule has 2 heterocycles. The molecule has 2 rings (SSSR count). The van der Waals surface area contributed by atoms with Crippen LogP contribution in [0.2, 0.25) is 0 Å². The number of rotatable bonds is 5. The molecule has 1 saturated heterocycles. The molecule has 0 aromatic carbocycles. The van der Waals surface area contributed by atoms with Crippen molar-refractivity contribution in [3.05, 3.63) is 23.9 Å². The lowest BCUT2D eigenvalue weighted by Gasteiger charge is -2.39. The molecular weight excluding hydrogens is 246 g/mol. The Hall–Kier alpha value is -1.09. The van der Waals surface area contributed by atoms with Crippen molar-refractivity contribution in [3.63, 3.8) is 0 Å². The van der Waals surface area contributed by atoms with Crippen molar-refractivity contribution < 1.29 is 0 Å². The average Bonchev–Trinajstić information content (AvgIpc) is 2.46. The summed E-state index contributed by atoms with van der Waals surface area (Å²) in [5.41, 5.74) is 1.67. The summed E-state index contributed by atoms with van der Waals surface area (Å²) >= 11 is 0. The summed E-state index contributed by atoms with van der Waals surface area (Å²) in [6, 6.07) is 6.89. The molecule has 0 radical (unpaired) electrons. The van der Waals surface area contributed by atoms with Crippen LogP contribution in [0.25, 0.3) is 0 Å². The van der Waals surface area contributed by atoms with Crippen LogP contribution in [0.5, 0.6) is 0 Å². The zero-order chi connectivity index (χ0) is 14.6. The van der Waals surface area contributed by atoms with E-state index in [9.17, 15) is 0 Å². The van der Waals surface area contributed by atoms with E-state index in [1.807, 2.05) is 0 Å². The first-order valence-corrected chi connectivity index (χ1v) is 7.97. The third kappa shape index (κ3) is 3.95. The summed E-state index contributed by atoms with van der Waals surface area (Å²) < 4.78 is 0. The Balaban J connectivity index is 1.98. The molecule has 0 spiro atoms. The fraction of sp³-hybridized carbons (Fsp3) is 0.706. The van der Waals surface area contributed by atoms with Gasteiger partial charge < -0.3 is 10.2 Å². The molecule has 1 aliphatic rings. The number of piperidine rings is 1. The summed E-state index contributed by atoms with van der Waals surface area (Å²) in [5, 5.41) is 3.43. The summed E-state index contributed by atoms with van der Waals surface area (Å²) in [5.74, 6) is 1.14. The molecule has 1 fully saturated rings. The molecule has 1 aliphatic heterocycles. The van der Waals surface area contributed by atoms with Gasteiger partial charge in [0.05, 0.1) is 5.69 Å². The van der Waals surface area contributed by atoms with Crippen molar-refractivity contribution in [1.82, 2.24) is 10.3 Å². The molecule has 0 aliphatic carbocycles. The fourth-order valence-corrected chi connectivity index (χ4v) is 2.68. The van der Waals surface area contributed by atoms with Gasteiger partial charge in [0.2, 0.25) is 0 Å². The average molecular weight is 275 g/mol. The number of hydrogen-bond acceptors (Lipinski definition) is 3. The lowest BCUT2D eigenvalue weighted by atomic mass is 9.78. The van der Waals surface area contributed by atoms with E-state index < -0.39 is 0 Å². The zero-order valence-electron chi connectivity index (χ0n) is 13.4. The maximum absolute atomic E-state index is 4.81. The highest BCUT2D eigenvalue weighted by Crippen LogP contribution is 2.35. The quantitative estimate of drug-likeness (QED) is 0.890.